The van der Waals surface area contributed by atoms with Gasteiger partial charge in [-0.15, -0.1) is 0 Å². The molecular formula is C26H28N2O3. The van der Waals surface area contributed by atoms with Crippen molar-refractivity contribution in [1.82, 2.24) is 5.32 Å². The van der Waals surface area contributed by atoms with Crippen molar-refractivity contribution in [3.8, 4) is 0 Å². The average Bonchev–Trinajstić information content (AvgIpc) is 2.76. The molecule has 0 aromatic heterocycles. The molecule has 0 radical (unpaired) electrons. The summed E-state index contributed by atoms with van der Waals surface area (Å²) < 4.78 is 4.98. The smallest absolute Gasteiger partial charge is 0.338 e. The molecule has 1 aliphatic rings. The summed E-state index contributed by atoms with van der Waals surface area (Å²) in [5.74, 6) is -0.324. The molecule has 0 heterocycles. The molecule has 3 aromatic rings. The minimum absolute atomic E-state index is 0.00181. The van der Waals surface area contributed by atoms with Gasteiger partial charge < -0.3 is 15.4 Å². The van der Waals surface area contributed by atoms with Gasteiger partial charge in [0.25, 0.3) is 0 Å². The van der Waals surface area contributed by atoms with Crippen molar-refractivity contribution in [1.29, 1.82) is 0 Å². The number of esters is 1. The Bertz CT molecular complexity index is 1070. The number of benzene rings is 3. The summed E-state index contributed by atoms with van der Waals surface area (Å²) in [6, 6.07) is 22.2. The summed E-state index contributed by atoms with van der Waals surface area (Å²) in [7, 11) is 0. The second kappa shape index (κ2) is 9.31. The second-order valence-electron chi connectivity index (χ2n) is 8.11. The van der Waals surface area contributed by atoms with Crippen LogP contribution in [0.2, 0.25) is 0 Å². The first-order chi connectivity index (χ1) is 15.0. The molecule has 0 bridgehead atoms. The van der Waals surface area contributed by atoms with Crippen LogP contribution in [0.1, 0.15) is 48.7 Å². The number of carbonyl (C=O) groups is 2. The van der Waals surface area contributed by atoms with E-state index < -0.39 is 0 Å². The van der Waals surface area contributed by atoms with Gasteiger partial charge >= 0.3 is 5.97 Å². The van der Waals surface area contributed by atoms with Crippen LogP contribution >= 0.6 is 0 Å². The van der Waals surface area contributed by atoms with Crippen LogP contribution < -0.4 is 10.6 Å². The van der Waals surface area contributed by atoms with E-state index in [1.165, 1.54) is 16.3 Å². The maximum Gasteiger partial charge on any atom is 0.338 e. The van der Waals surface area contributed by atoms with E-state index in [2.05, 4.69) is 60.0 Å². The fraction of sp³-hybridized carbons (Fsp3) is 0.308. The van der Waals surface area contributed by atoms with Crippen molar-refractivity contribution in [2.24, 2.45) is 5.92 Å². The summed E-state index contributed by atoms with van der Waals surface area (Å²) in [6.45, 7) is 4.30. The van der Waals surface area contributed by atoms with Crippen LogP contribution in [0.4, 0.5) is 5.69 Å². The van der Waals surface area contributed by atoms with E-state index in [0.717, 1.165) is 12.8 Å². The molecule has 1 amide bonds. The summed E-state index contributed by atoms with van der Waals surface area (Å²) in [4.78, 5) is 24.3. The number of ether oxygens (including phenoxy) is 1. The maximum absolute atomic E-state index is 12.6. The Morgan fingerprint density at radius 3 is 2.45 bits per heavy atom. The zero-order valence-electron chi connectivity index (χ0n) is 17.9. The van der Waals surface area contributed by atoms with Crippen molar-refractivity contribution in [2.45, 2.75) is 38.8 Å². The summed E-state index contributed by atoms with van der Waals surface area (Å²) in [6.07, 6.45) is 1.64. The third-order valence-corrected chi connectivity index (χ3v) is 5.95. The predicted molar refractivity (Wildman–Crippen MR) is 123 cm³/mol. The molecule has 2 N–H and O–H groups in total. The molecule has 0 aliphatic heterocycles. The fourth-order valence-corrected chi connectivity index (χ4v) is 4.19. The number of anilines is 1. The van der Waals surface area contributed by atoms with E-state index >= 15 is 0 Å². The van der Waals surface area contributed by atoms with Gasteiger partial charge in [0, 0.05) is 23.7 Å². The quantitative estimate of drug-likeness (QED) is 0.527. The van der Waals surface area contributed by atoms with Gasteiger partial charge in [0.15, 0.2) is 0 Å². The maximum atomic E-state index is 12.6. The number of hydrogen-bond donors (Lipinski definition) is 2. The van der Waals surface area contributed by atoms with Gasteiger partial charge in [-0.25, -0.2) is 4.79 Å². The van der Waals surface area contributed by atoms with E-state index in [1.807, 2.05) is 0 Å². The highest BCUT2D eigenvalue weighted by molar-refractivity contribution is 5.94. The van der Waals surface area contributed by atoms with Gasteiger partial charge in [-0.1, -0.05) is 42.5 Å². The zero-order valence-corrected chi connectivity index (χ0v) is 17.9. The van der Waals surface area contributed by atoms with Gasteiger partial charge in [0.2, 0.25) is 5.91 Å². The summed E-state index contributed by atoms with van der Waals surface area (Å²) >= 11 is 0. The largest absolute Gasteiger partial charge is 0.462 e. The molecule has 1 atom stereocenters. The SMILES string of the molecule is CCOC(=O)c1ccc(NC(=O)C2CC(N[C@H](C)c3cccc4ccccc34)C2)cc1. The predicted octanol–water partition coefficient (Wildman–Crippen LogP) is 5.08. The van der Waals surface area contributed by atoms with Crippen LogP contribution in [0.5, 0.6) is 0 Å². The Kier molecular flexibility index (Phi) is 6.33. The molecule has 1 saturated carbocycles. The van der Waals surface area contributed by atoms with Gasteiger partial charge in [-0.2, -0.15) is 0 Å². The lowest BCUT2D eigenvalue weighted by Crippen LogP contribution is -2.46. The van der Waals surface area contributed by atoms with Crippen molar-refractivity contribution < 1.29 is 14.3 Å². The first-order valence-electron chi connectivity index (χ1n) is 10.9. The highest BCUT2D eigenvalue weighted by Gasteiger charge is 2.35. The van der Waals surface area contributed by atoms with Crippen LogP contribution in [0.15, 0.2) is 66.7 Å². The number of fused-ring (bicyclic) bond motifs is 1. The van der Waals surface area contributed by atoms with Gasteiger partial charge in [0.1, 0.15) is 0 Å². The molecule has 5 nitrogen and oxygen atoms in total. The Labute approximate surface area is 182 Å². The Hall–Kier alpha value is -3.18. The molecule has 160 valence electrons. The molecule has 1 aliphatic carbocycles. The fourth-order valence-electron chi connectivity index (χ4n) is 4.19. The molecule has 0 spiro atoms. The topological polar surface area (TPSA) is 67.4 Å². The van der Waals surface area contributed by atoms with Crippen molar-refractivity contribution in [3.05, 3.63) is 77.9 Å². The Balaban J connectivity index is 1.29. The molecule has 5 heteroatoms. The standard InChI is InChI=1S/C26H28N2O3/c1-3-31-26(30)19-11-13-21(14-12-19)28-25(29)20-15-22(16-20)27-17(2)23-10-6-8-18-7-4-5-9-24(18)23/h4-14,17,20,22,27H,3,15-16H2,1-2H3,(H,28,29)/t17-,20?,22?/m1/s1. The number of hydrogen-bond acceptors (Lipinski definition) is 4. The molecular weight excluding hydrogens is 388 g/mol. The van der Waals surface area contributed by atoms with E-state index in [1.54, 1.807) is 31.2 Å². The Morgan fingerprint density at radius 1 is 1.00 bits per heavy atom. The second-order valence-corrected chi connectivity index (χ2v) is 8.11. The van der Waals surface area contributed by atoms with E-state index in [0.29, 0.717) is 23.9 Å². The number of amides is 1. The molecule has 0 unspecified atom stereocenters. The first-order valence-corrected chi connectivity index (χ1v) is 10.9. The highest BCUT2D eigenvalue weighted by Crippen LogP contribution is 2.32. The van der Waals surface area contributed by atoms with Gasteiger partial charge in [-0.3, -0.25) is 4.79 Å². The monoisotopic (exact) mass is 416 g/mol. The van der Waals surface area contributed by atoms with Crippen molar-refractivity contribution >= 4 is 28.3 Å². The highest BCUT2D eigenvalue weighted by atomic mass is 16.5. The third kappa shape index (κ3) is 4.78. The zero-order chi connectivity index (χ0) is 21.8. The molecule has 31 heavy (non-hydrogen) atoms. The number of carbonyl (C=O) groups excluding carboxylic acids is 2. The summed E-state index contributed by atoms with van der Waals surface area (Å²) in [5, 5.41) is 9.14. The van der Waals surface area contributed by atoms with Crippen LogP contribution in [0, 0.1) is 5.92 Å². The van der Waals surface area contributed by atoms with E-state index in [9.17, 15) is 9.59 Å². The number of rotatable bonds is 7. The molecule has 1 fully saturated rings. The normalized spacial score (nSPS) is 18.8. The lowest BCUT2D eigenvalue weighted by atomic mass is 9.79. The third-order valence-electron chi connectivity index (χ3n) is 5.95. The minimum atomic E-state index is -0.353. The molecule has 3 aromatic carbocycles. The minimum Gasteiger partial charge on any atom is -0.462 e. The lowest BCUT2D eigenvalue weighted by Gasteiger charge is -2.37. The van der Waals surface area contributed by atoms with Crippen LogP contribution in [0.3, 0.4) is 0 Å². The van der Waals surface area contributed by atoms with Crippen molar-refractivity contribution in [3.63, 3.8) is 0 Å². The summed E-state index contributed by atoms with van der Waals surface area (Å²) in [5.41, 5.74) is 2.46. The average molecular weight is 417 g/mol. The van der Waals surface area contributed by atoms with Crippen LogP contribution in [-0.2, 0) is 9.53 Å². The molecule has 4 rings (SSSR count). The number of nitrogens with one attached hydrogen (secondary N) is 2. The van der Waals surface area contributed by atoms with Gasteiger partial charge in [0.05, 0.1) is 12.2 Å². The Morgan fingerprint density at radius 2 is 1.71 bits per heavy atom. The molecule has 0 saturated heterocycles. The first kappa shape index (κ1) is 21.1. The van der Waals surface area contributed by atoms with E-state index in [4.69, 9.17) is 4.74 Å². The van der Waals surface area contributed by atoms with Gasteiger partial charge in [-0.05, 0) is 67.3 Å². The van der Waals surface area contributed by atoms with Crippen LogP contribution in [-0.4, -0.2) is 24.5 Å². The van der Waals surface area contributed by atoms with Crippen molar-refractivity contribution in [2.75, 3.05) is 11.9 Å². The van der Waals surface area contributed by atoms with Crippen LogP contribution in [0.25, 0.3) is 10.8 Å². The van der Waals surface area contributed by atoms with E-state index in [-0.39, 0.29) is 23.8 Å². The lowest BCUT2D eigenvalue weighted by molar-refractivity contribution is -0.123.